The lowest BCUT2D eigenvalue weighted by atomic mass is 10.1. The van der Waals surface area contributed by atoms with E-state index in [2.05, 4.69) is 4.98 Å². The van der Waals surface area contributed by atoms with Crippen molar-refractivity contribution >= 4 is 11.0 Å². The molecule has 0 amide bonds. The molecule has 124 valence electrons. The highest BCUT2D eigenvalue weighted by molar-refractivity contribution is 5.79. The third-order valence-electron chi connectivity index (χ3n) is 4.11. The van der Waals surface area contributed by atoms with Crippen LogP contribution >= 0.6 is 0 Å². The van der Waals surface area contributed by atoms with Gasteiger partial charge >= 0.3 is 6.18 Å². The normalized spacial score (nSPS) is 11.8. The van der Waals surface area contributed by atoms with Gasteiger partial charge in [0.15, 0.2) is 0 Å². The molecule has 0 aliphatic carbocycles. The monoisotopic (exact) mass is 338 g/mol. The minimum absolute atomic E-state index is 0.319. The summed E-state index contributed by atoms with van der Waals surface area (Å²) in [5.41, 5.74) is 3.23. The van der Waals surface area contributed by atoms with Crippen molar-refractivity contribution in [1.29, 1.82) is 0 Å². The van der Waals surface area contributed by atoms with Gasteiger partial charge in [-0.25, -0.2) is 4.98 Å². The minimum Gasteiger partial charge on any atom is -0.299 e. The topological polar surface area (TPSA) is 17.8 Å². The third-order valence-corrected chi connectivity index (χ3v) is 4.11. The molecule has 0 unspecified atom stereocenters. The molecule has 1 heterocycles. The second-order valence-corrected chi connectivity index (χ2v) is 5.73. The quantitative estimate of drug-likeness (QED) is 0.458. The van der Waals surface area contributed by atoms with Gasteiger partial charge in [0.2, 0.25) is 0 Å². The van der Waals surface area contributed by atoms with E-state index in [0.29, 0.717) is 11.0 Å². The third kappa shape index (κ3) is 2.89. The molecular formula is C20H13F3N2. The van der Waals surface area contributed by atoms with Crippen molar-refractivity contribution in [1.82, 2.24) is 9.55 Å². The zero-order valence-electron chi connectivity index (χ0n) is 13.0. The molecular weight excluding hydrogens is 325 g/mol. The van der Waals surface area contributed by atoms with E-state index in [0.717, 1.165) is 28.9 Å². The van der Waals surface area contributed by atoms with Crippen molar-refractivity contribution in [3.05, 3.63) is 84.7 Å². The summed E-state index contributed by atoms with van der Waals surface area (Å²) < 4.78 is 40.3. The second-order valence-electron chi connectivity index (χ2n) is 5.73. The van der Waals surface area contributed by atoms with Gasteiger partial charge in [-0.1, -0.05) is 42.5 Å². The maximum Gasteiger partial charge on any atom is 0.416 e. The average Bonchev–Trinajstić information content (AvgIpc) is 3.05. The minimum atomic E-state index is -4.37. The van der Waals surface area contributed by atoms with E-state index < -0.39 is 11.7 Å². The summed E-state index contributed by atoms with van der Waals surface area (Å²) in [7, 11) is 0. The van der Waals surface area contributed by atoms with Gasteiger partial charge in [0.25, 0.3) is 0 Å². The number of aromatic nitrogens is 2. The highest BCUT2D eigenvalue weighted by Gasteiger charge is 2.30. The molecule has 0 saturated heterocycles. The number of hydrogen-bond acceptors (Lipinski definition) is 1. The summed E-state index contributed by atoms with van der Waals surface area (Å²) in [5, 5.41) is 0. The summed E-state index contributed by atoms with van der Waals surface area (Å²) >= 11 is 0. The van der Waals surface area contributed by atoms with E-state index in [1.165, 1.54) is 6.07 Å². The number of nitrogens with zero attached hydrogens (tertiary/aromatic N) is 2. The Bertz CT molecular complexity index is 1030. The smallest absolute Gasteiger partial charge is 0.299 e. The molecule has 0 aliphatic heterocycles. The Morgan fingerprint density at radius 2 is 1.52 bits per heavy atom. The van der Waals surface area contributed by atoms with Crippen LogP contribution in [-0.2, 0) is 6.18 Å². The predicted octanol–water partition coefficient (Wildman–Crippen LogP) is 5.71. The zero-order chi connectivity index (χ0) is 17.4. The Balaban J connectivity index is 1.80. The van der Waals surface area contributed by atoms with Crippen LogP contribution in [-0.4, -0.2) is 9.55 Å². The van der Waals surface area contributed by atoms with E-state index in [-0.39, 0.29) is 0 Å². The molecule has 0 aliphatic rings. The van der Waals surface area contributed by atoms with Crippen molar-refractivity contribution in [2.45, 2.75) is 6.18 Å². The highest BCUT2D eigenvalue weighted by atomic mass is 19.4. The molecule has 0 atom stereocenters. The van der Waals surface area contributed by atoms with Gasteiger partial charge in [0.1, 0.15) is 6.33 Å². The maximum atomic E-state index is 12.9. The molecule has 2 nitrogen and oxygen atoms in total. The SMILES string of the molecule is FC(F)(F)c1ccc2c(c1)ncn2-c1cccc(-c2ccccc2)c1. The Labute approximate surface area is 142 Å². The summed E-state index contributed by atoms with van der Waals surface area (Å²) in [4.78, 5) is 4.13. The number of fused-ring (bicyclic) bond motifs is 1. The molecule has 0 bridgehead atoms. The van der Waals surface area contributed by atoms with E-state index in [9.17, 15) is 13.2 Å². The van der Waals surface area contributed by atoms with Gasteiger partial charge in [-0.3, -0.25) is 4.57 Å². The fourth-order valence-corrected chi connectivity index (χ4v) is 2.86. The molecule has 4 rings (SSSR count). The van der Waals surface area contributed by atoms with E-state index in [1.54, 1.807) is 10.9 Å². The molecule has 0 spiro atoms. The first-order valence-corrected chi connectivity index (χ1v) is 7.72. The molecule has 0 fully saturated rings. The van der Waals surface area contributed by atoms with Gasteiger partial charge in [0.05, 0.1) is 16.6 Å². The lowest BCUT2D eigenvalue weighted by Gasteiger charge is -2.09. The highest BCUT2D eigenvalue weighted by Crippen LogP contribution is 2.32. The number of hydrogen-bond donors (Lipinski definition) is 0. The first-order chi connectivity index (χ1) is 12.0. The van der Waals surface area contributed by atoms with Crippen LogP contribution in [0.2, 0.25) is 0 Å². The number of imidazole rings is 1. The molecule has 5 heteroatoms. The summed E-state index contributed by atoms with van der Waals surface area (Å²) in [5.74, 6) is 0. The van der Waals surface area contributed by atoms with E-state index >= 15 is 0 Å². The number of halogens is 3. The van der Waals surface area contributed by atoms with E-state index in [4.69, 9.17) is 0 Å². The molecule has 25 heavy (non-hydrogen) atoms. The van der Waals surface area contributed by atoms with Crippen molar-refractivity contribution in [3.8, 4) is 16.8 Å². The van der Waals surface area contributed by atoms with E-state index in [1.807, 2.05) is 54.6 Å². The van der Waals surface area contributed by atoms with Crippen LogP contribution in [0.1, 0.15) is 5.56 Å². The lowest BCUT2D eigenvalue weighted by Crippen LogP contribution is -2.04. The van der Waals surface area contributed by atoms with Crippen molar-refractivity contribution in [2.24, 2.45) is 0 Å². The second kappa shape index (κ2) is 5.77. The first kappa shape index (κ1) is 15.4. The molecule has 1 aromatic heterocycles. The van der Waals surface area contributed by atoms with Crippen LogP contribution in [0.4, 0.5) is 13.2 Å². The molecule has 4 aromatic rings. The first-order valence-electron chi connectivity index (χ1n) is 7.72. The van der Waals surface area contributed by atoms with Crippen LogP contribution in [0.3, 0.4) is 0 Å². The maximum absolute atomic E-state index is 12.9. The van der Waals surface area contributed by atoms with Crippen molar-refractivity contribution in [3.63, 3.8) is 0 Å². The van der Waals surface area contributed by atoms with Gasteiger partial charge in [-0.05, 0) is 41.5 Å². The van der Waals surface area contributed by atoms with Crippen LogP contribution in [0, 0.1) is 0 Å². The number of rotatable bonds is 2. The molecule has 3 aromatic carbocycles. The molecule has 0 radical (unpaired) electrons. The average molecular weight is 338 g/mol. The Hall–Kier alpha value is -3.08. The zero-order valence-corrected chi connectivity index (χ0v) is 13.0. The lowest BCUT2D eigenvalue weighted by molar-refractivity contribution is -0.137. The van der Waals surface area contributed by atoms with Crippen LogP contribution < -0.4 is 0 Å². The van der Waals surface area contributed by atoms with Crippen LogP contribution in [0.15, 0.2) is 79.1 Å². The fraction of sp³-hybridized carbons (Fsp3) is 0.0500. The summed E-state index contributed by atoms with van der Waals surface area (Å²) in [6, 6.07) is 21.4. The predicted molar refractivity (Wildman–Crippen MR) is 91.5 cm³/mol. The van der Waals surface area contributed by atoms with Gasteiger partial charge in [-0.2, -0.15) is 13.2 Å². The Morgan fingerprint density at radius 3 is 2.28 bits per heavy atom. The standard InChI is InChI=1S/C20H13F3N2/c21-20(22,23)16-9-10-19-18(12-16)24-13-25(19)17-8-4-7-15(11-17)14-5-2-1-3-6-14/h1-13H. The fourth-order valence-electron chi connectivity index (χ4n) is 2.86. The Kier molecular flexibility index (Phi) is 3.57. The van der Waals surface area contributed by atoms with Crippen LogP contribution in [0.5, 0.6) is 0 Å². The van der Waals surface area contributed by atoms with Gasteiger partial charge < -0.3 is 0 Å². The molecule has 0 N–H and O–H groups in total. The van der Waals surface area contributed by atoms with Crippen molar-refractivity contribution < 1.29 is 13.2 Å². The van der Waals surface area contributed by atoms with Gasteiger partial charge in [0, 0.05) is 5.69 Å². The largest absolute Gasteiger partial charge is 0.416 e. The van der Waals surface area contributed by atoms with Gasteiger partial charge in [-0.15, -0.1) is 0 Å². The molecule has 0 saturated carbocycles. The number of benzene rings is 3. The van der Waals surface area contributed by atoms with Crippen LogP contribution in [0.25, 0.3) is 27.8 Å². The summed E-state index contributed by atoms with van der Waals surface area (Å²) in [6.07, 6.45) is -2.82. The summed E-state index contributed by atoms with van der Waals surface area (Å²) in [6.45, 7) is 0. The van der Waals surface area contributed by atoms with Crippen molar-refractivity contribution in [2.75, 3.05) is 0 Å². The Morgan fingerprint density at radius 1 is 0.760 bits per heavy atom. The number of alkyl halides is 3.